The fraction of sp³-hybridized carbons (Fsp3) is 0.500. The van der Waals surface area contributed by atoms with Crippen molar-refractivity contribution in [2.75, 3.05) is 17.3 Å². The molecule has 3 heterocycles. The maximum absolute atomic E-state index is 6.34. The summed E-state index contributed by atoms with van der Waals surface area (Å²) in [5.41, 5.74) is 1.22. The van der Waals surface area contributed by atoms with E-state index in [2.05, 4.69) is 18.8 Å². The molecule has 18 heavy (non-hydrogen) atoms. The highest BCUT2D eigenvalue weighted by Gasteiger charge is 2.22. The first-order valence-electron chi connectivity index (χ1n) is 5.79. The molecule has 1 fully saturated rings. The molecule has 1 aliphatic heterocycles. The van der Waals surface area contributed by atoms with E-state index in [1.165, 1.54) is 21.9 Å². The van der Waals surface area contributed by atoms with Gasteiger partial charge in [0.2, 0.25) is 0 Å². The molecular formula is C12H13ClN2S3. The molecule has 0 radical (unpaired) electrons. The van der Waals surface area contributed by atoms with Crippen molar-refractivity contribution in [1.29, 1.82) is 0 Å². The second-order valence-corrected chi connectivity index (χ2v) is 8.29. The third-order valence-electron chi connectivity index (χ3n) is 3.11. The quantitative estimate of drug-likeness (QED) is 0.724. The molecule has 1 unspecified atom stereocenters. The number of thioether (sulfide) groups is 2. The summed E-state index contributed by atoms with van der Waals surface area (Å²) >= 11 is 12.0. The molecule has 1 atom stereocenters. The smallest absolute Gasteiger partial charge is 0.145 e. The number of hydrogen-bond donors (Lipinski definition) is 0. The van der Waals surface area contributed by atoms with E-state index in [1.54, 1.807) is 11.3 Å². The minimum atomic E-state index is 0.397. The molecule has 96 valence electrons. The maximum Gasteiger partial charge on any atom is 0.145 e. The first-order chi connectivity index (χ1) is 8.66. The summed E-state index contributed by atoms with van der Waals surface area (Å²) in [5, 5.41) is 2.05. The molecule has 0 aliphatic carbocycles. The molecule has 0 N–H and O–H groups in total. The van der Waals surface area contributed by atoms with E-state index in [1.807, 2.05) is 23.5 Å². The van der Waals surface area contributed by atoms with Gasteiger partial charge in [-0.25, -0.2) is 9.97 Å². The Hall–Kier alpha value is 0.0300. The van der Waals surface area contributed by atoms with Crippen molar-refractivity contribution in [2.45, 2.75) is 19.1 Å². The normalized spacial score (nSPS) is 20.5. The molecule has 1 saturated heterocycles. The second kappa shape index (κ2) is 5.19. The number of halogens is 1. The summed E-state index contributed by atoms with van der Waals surface area (Å²) in [6.07, 6.45) is 0. The Morgan fingerprint density at radius 1 is 1.22 bits per heavy atom. The zero-order valence-electron chi connectivity index (χ0n) is 10.2. The topological polar surface area (TPSA) is 25.8 Å². The Bertz CT molecular complexity index is 591. The van der Waals surface area contributed by atoms with Gasteiger partial charge in [-0.15, -0.1) is 23.1 Å². The van der Waals surface area contributed by atoms with Crippen LogP contribution >= 0.6 is 46.5 Å². The summed E-state index contributed by atoms with van der Waals surface area (Å²) in [6, 6.07) is 0. The van der Waals surface area contributed by atoms with E-state index in [-0.39, 0.29) is 0 Å². The molecule has 0 bridgehead atoms. The van der Waals surface area contributed by atoms with Gasteiger partial charge in [-0.2, -0.15) is 11.8 Å². The fourth-order valence-electron chi connectivity index (χ4n) is 2.00. The van der Waals surface area contributed by atoms with Crippen LogP contribution in [0.1, 0.15) is 21.5 Å². The predicted octanol–water partition coefficient (Wildman–Crippen LogP) is 4.48. The molecule has 0 aromatic carbocycles. The first kappa shape index (κ1) is 13.0. The fourth-order valence-corrected chi connectivity index (χ4v) is 6.01. The van der Waals surface area contributed by atoms with Gasteiger partial charge in [0.25, 0.3) is 0 Å². The van der Waals surface area contributed by atoms with E-state index in [4.69, 9.17) is 16.6 Å². The van der Waals surface area contributed by atoms with Crippen LogP contribution in [-0.2, 0) is 0 Å². The average Bonchev–Trinajstić information content (AvgIpc) is 2.66. The number of thiophene rings is 1. The third kappa shape index (κ3) is 2.26. The van der Waals surface area contributed by atoms with Crippen LogP contribution in [0.5, 0.6) is 0 Å². The van der Waals surface area contributed by atoms with Crippen molar-refractivity contribution < 1.29 is 0 Å². The lowest BCUT2D eigenvalue weighted by Crippen LogP contribution is -2.10. The van der Waals surface area contributed by atoms with Gasteiger partial charge in [0.15, 0.2) is 0 Å². The minimum absolute atomic E-state index is 0.397. The number of rotatable bonds is 1. The van der Waals surface area contributed by atoms with Gasteiger partial charge in [-0.3, -0.25) is 0 Å². The second-order valence-electron chi connectivity index (χ2n) is 4.27. The van der Waals surface area contributed by atoms with Crippen LogP contribution < -0.4 is 0 Å². The highest BCUT2D eigenvalue weighted by atomic mass is 35.5. The third-order valence-corrected chi connectivity index (χ3v) is 7.23. The number of fused-ring (bicyclic) bond motifs is 1. The SMILES string of the molecule is Cc1sc2nc(C3CSCCS3)nc(Cl)c2c1C. The minimum Gasteiger partial charge on any atom is -0.221 e. The average molecular weight is 317 g/mol. The van der Waals surface area contributed by atoms with Crippen LogP contribution in [0.25, 0.3) is 10.2 Å². The highest BCUT2D eigenvalue weighted by Crippen LogP contribution is 2.38. The van der Waals surface area contributed by atoms with Crippen molar-refractivity contribution >= 4 is 56.7 Å². The lowest BCUT2D eigenvalue weighted by Gasteiger charge is -2.19. The number of hydrogen-bond acceptors (Lipinski definition) is 5. The Morgan fingerprint density at radius 3 is 2.78 bits per heavy atom. The maximum atomic E-state index is 6.34. The lowest BCUT2D eigenvalue weighted by molar-refractivity contribution is 0.946. The van der Waals surface area contributed by atoms with Crippen LogP contribution in [0.4, 0.5) is 0 Å². The Kier molecular flexibility index (Phi) is 3.76. The van der Waals surface area contributed by atoms with Gasteiger partial charge in [-0.05, 0) is 19.4 Å². The van der Waals surface area contributed by atoms with Crippen LogP contribution in [0.15, 0.2) is 0 Å². The summed E-state index contributed by atoms with van der Waals surface area (Å²) in [7, 11) is 0. The summed E-state index contributed by atoms with van der Waals surface area (Å²) < 4.78 is 0. The lowest BCUT2D eigenvalue weighted by atomic mass is 10.2. The van der Waals surface area contributed by atoms with Crippen molar-refractivity contribution in [1.82, 2.24) is 9.97 Å². The zero-order chi connectivity index (χ0) is 12.7. The van der Waals surface area contributed by atoms with Crippen molar-refractivity contribution in [3.8, 4) is 0 Å². The van der Waals surface area contributed by atoms with Crippen molar-refractivity contribution in [3.63, 3.8) is 0 Å². The largest absolute Gasteiger partial charge is 0.221 e. The summed E-state index contributed by atoms with van der Waals surface area (Å²) in [6.45, 7) is 4.21. The Balaban J connectivity index is 2.09. The van der Waals surface area contributed by atoms with E-state index in [0.29, 0.717) is 10.4 Å². The van der Waals surface area contributed by atoms with Crippen LogP contribution in [0.2, 0.25) is 5.15 Å². The molecule has 2 aromatic heterocycles. The van der Waals surface area contributed by atoms with E-state index in [0.717, 1.165) is 21.8 Å². The molecular weight excluding hydrogens is 304 g/mol. The standard InChI is InChI=1S/C12H13ClN2S3/c1-6-7(2)18-12-9(6)10(13)14-11(15-12)8-5-16-3-4-17-8/h8H,3-5H2,1-2H3. The van der Waals surface area contributed by atoms with Gasteiger partial charge in [0.1, 0.15) is 15.8 Å². The van der Waals surface area contributed by atoms with Gasteiger partial charge in [0, 0.05) is 22.1 Å². The van der Waals surface area contributed by atoms with Crippen LogP contribution in [0.3, 0.4) is 0 Å². The molecule has 0 saturated carbocycles. The molecule has 3 rings (SSSR count). The summed E-state index contributed by atoms with van der Waals surface area (Å²) in [5.74, 6) is 4.41. The molecule has 2 aromatic rings. The molecule has 2 nitrogen and oxygen atoms in total. The first-order valence-corrected chi connectivity index (χ1v) is 9.19. The number of nitrogens with zero attached hydrogens (tertiary/aromatic N) is 2. The van der Waals surface area contributed by atoms with Gasteiger partial charge in [0.05, 0.1) is 10.6 Å². The number of aromatic nitrogens is 2. The van der Waals surface area contributed by atoms with Gasteiger partial charge >= 0.3 is 0 Å². The van der Waals surface area contributed by atoms with Crippen LogP contribution in [-0.4, -0.2) is 27.2 Å². The van der Waals surface area contributed by atoms with Gasteiger partial charge in [-0.1, -0.05) is 11.6 Å². The zero-order valence-corrected chi connectivity index (χ0v) is 13.4. The molecule has 0 spiro atoms. The van der Waals surface area contributed by atoms with Crippen molar-refractivity contribution in [3.05, 3.63) is 21.4 Å². The van der Waals surface area contributed by atoms with E-state index < -0.39 is 0 Å². The molecule has 1 aliphatic rings. The summed E-state index contributed by atoms with van der Waals surface area (Å²) in [4.78, 5) is 11.6. The van der Waals surface area contributed by atoms with Crippen molar-refractivity contribution in [2.24, 2.45) is 0 Å². The van der Waals surface area contributed by atoms with E-state index >= 15 is 0 Å². The van der Waals surface area contributed by atoms with Crippen LogP contribution in [0, 0.1) is 13.8 Å². The van der Waals surface area contributed by atoms with Gasteiger partial charge < -0.3 is 0 Å². The van der Waals surface area contributed by atoms with E-state index in [9.17, 15) is 0 Å². The molecule has 6 heteroatoms. The Labute approximate surface area is 124 Å². The monoisotopic (exact) mass is 316 g/mol. The number of aryl methyl sites for hydroxylation is 2. The molecule has 0 amide bonds. The predicted molar refractivity (Wildman–Crippen MR) is 84.4 cm³/mol. The highest BCUT2D eigenvalue weighted by molar-refractivity contribution is 8.06. The Morgan fingerprint density at radius 2 is 2.06 bits per heavy atom.